The molecule has 94 valence electrons. The molecule has 4 nitrogen and oxygen atoms in total. The molecule has 1 aliphatic heterocycles. The fourth-order valence-corrected chi connectivity index (χ4v) is 3.17. The van der Waals surface area contributed by atoms with E-state index < -0.39 is 0 Å². The molecule has 1 atom stereocenters. The van der Waals surface area contributed by atoms with E-state index in [0.717, 1.165) is 35.9 Å². The third kappa shape index (κ3) is 2.97. The van der Waals surface area contributed by atoms with E-state index in [0.29, 0.717) is 6.04 Å². The van der Waals surface area contributed by atoms with Gasteiger partial charge in [0.2, 0.25) is 0 Å². The van der Waals surface area contributed by atoms with E-state index in [1.54, 1.807) is 0 Å². The minimum absolute atomic E-state index is 0.366. The lowest BCUT2D eigenvalue weighted by Crippen LogP contribution is -2.34. The lowest BCUT2D eigenvalue weighted by molar-refractivity contribution is 0.264. The first-order chi connectivity index (χ1) is 8.22. The van der Waals surface area contributed by atoms with Crippen molar-refractivity contribution in [3.8, 4) is 0 Å². The van der Waals surface area contributed by atoms with Crippen LogP contribution in [0.1, 0.15) is 23.1 Å². The van der Waals surface area contributed by atoms with E-state index >= 15 is 0 Å². The van der Waals surface area contributed by atoms with Crippen LogP contribution in [0, 0.1) is 6.92 Å². The Bertz CT molecular complexity index is 383. The zero-order chi connectivity index (χ0) is 12.3. The van der Waals surface area contributed by atoms with Crippen LogP contribution in [0.4, 0.5) is 0 Å². The molecule has 0 bridgehead atoms. The minimum Gasteiger partial charge on any atom is -0.314 e. The second-order valence-electron chi connectivity index (χ2n) is 4.46. The van der Waals surface area contributed by atoms with Gasteiger partial charge in [-0.1, -0.05) is 0 Å². The van der Waals surface area contributed by atoms with Gasteiger partial charge in [-0.25, -0.2) is 9.97 Å². The van der Waals surface area contributed by atoms with Gasteiger partial charge in [0.25, 0.3) is 0 Å². The summed E-state index contributed by atoms with van der Waals surface area (Å²) in [6.45, 7) is 3.99. The third-order valence-corrected chi connectivity index (χ3v) is 4.16. The Balaban J connectivity index is 2.22. The van der Waals surface area contributed by atoms with Crippen molar-refractivity contribution in [3.05, 3.63) is 23.3 Å². The van der Waals surface area contributed by atoms with Gasteiger partial charge in [0.05, 0.1) is 11.7 Å². The molecule has 0 spiro atoms. The van der Waals surface area contributed by atoms with Gasteiger partial charge in [-0.3, -0.25) is 4.90 Å². The molecule has 1 N–H and O–H groups in total. The van der Waals surface area contributed by atoms with Gasteiger partial charge in [-0.15, -0.1) is 0 Å². The zero-order valence-electron chi connectivity index (χ0n) is 10.7. The highest BCUT2D eigenvalue weighted by Crippen LogP contribution is 2.26. The minimum atomic E-state index is 0.366. The number of nitrogens with one attached hydrogen (secondary N) is 1. The molecule has 5 heteroatoms. The Kier molecular flexibility index (Phi) is 4.36. The SMILES string of the molecule is CNCc1nc(C2CSCCN2C)ncc1C. The van der Waals surface area contributed by atoms with Crippen molar-refractivity contribution >= 4 is 11.8 Å². The van der Waals surface area contributed by atoms with Gasteiger partial charge < -0.3 is 5.32 Å². The molecule has 1 unspecified atom stereocenters. The number of thioether (sulfide) groups is 1. The average molecular weight is 252 g/mol. The van der Waals surface area contributed by atoms with Gasteiger partial charge in [0, 0.05) is 30.8 Å². The first-order valence-corrected chi connectivity index (χ1v) is 7.13. The Hall–Kier alpha value is -0.650. The number of hydrogen-bond acceptors (Lipinski definition) is 5. The van der Waals surface area contributed by atoms with Crippen LogP contribution >= 0.6 is 11.8 Å². The van der Waals surface area contributed by atoms with Gasteiger partial charge in [0.1, 0.15) is 5.82 Å². The van der Waals surface area contributed by atoms with Crippen molar-refractivity contribution < 1.29 is 0 Å². The molecule has 17 heavy (non-hydrogen) atoms. The standard InChI is InChI=1S/C12H20N4S/c1-9-6-14-12(15-10(9)7-13-2)11-8-17-5-4-16(11)3/h6,11,13H,4-5,7-8H2,1-3H3. The molecule has 0 saturated carbocycles. The predicted octanol–water partition coefficient (Wildman–Crippen LogP) is 1.22. The Morgan fingerprint density at radius 2 is 2.41 bits per heavy atom. The highest BCUT2D eigenvalue weighted by Gasteiger charge is 2.23. The Morgan fingerprint density at radius 1 is 1.59 bits per heavy atom. The van der Waals surface area contributed by atoms with E-state index in [4.69, 9.17) is 4.98 Å². The lowest BCUT2D eigenvalue weighted by atomic mass is 10.2. The Morgan fingerprint density at radius 3 is 3.12 bits per heavy atom. The first kappa shape index (κ1) is 12.8. The molecule has 1 fully saturated rings. The number of rotatable bonds is 3. The van der Waals surface area contributed by atoms with Crippen LogP contribution in [-0.2, 0) is 6.54 Å². The number of aromatic nitrogens is 2. The monoisotopic (exact) mass is 252 g/mol. The summed E-state index contributed by atoms with van der Waals surface area (Å²) in [7, 11) is 4.11. The van der Waals surface area contributed by atoms with Gasteiger partial charge in [-0.05, 0) is 26.6 Å². The summed E-state index contributed by atoms with van der Waals surface area (Å²) < 4.78 is 0. The van der Waals surface area contributed by atoms with Gasteiger partial charge in [-0.2, -0.15) is 11.8 Å². The molecule has 0 aliphatic carbocycles. The summed E-state index contributed by atoms with van der Waals surface area (Å²) in [6.07, 6.45) is 1.95. The summed E-state index contributed by atoms with van der Waals surface area (Å²) >= 11 is 1.99. The highest BCUT2D eigenvalue weighted by molar-refractivity contribution is 7.99. The molecule has 1 saturated heterocycles. The largest absolute Gasteiger partial charge is 0.314 e. The second kappa shape index (κ2) is 5.80. The molecule has 1 aliphatic rings. The molecular weight excluding hydrogens is 232 g/mol. The smallest absolute Gasteiger partial charge is 0.146 e. The van der Waals surface area contributed by atoms with Crippen molar-refractivity contribution in [2.24, 2.45) is 0 Å². The normalized spacial score (nSPS) is 21.7. The topological polar surface area (TPSA) is 41.1 Å². The highest BCUT2D eigenvalue weighted by atomic mass is 32.2. The predicted molar refractivity (Wildman–Crippen MR) is 72.2 cm³/mol. The van der Waals surface area contributed by atoms with Crippen LogP contribution in [0.2, 0.25) is 0 Å². The maximum Gasteiger partial charge on any atom is 0.146 e. The molecule has 0 aromatic carbocycles. The van der Waals surface area contributed by atoms with Crippen LogP contribution in [0.25, 0.3) is 0 Å². The van der Waals surface area contributed by atoms with Gasteiger partial charge >= 0.3 is 0 Å². The quantitative estimate of drug-likeness (QED) is 0.876. The molecule has 1 aromatic heterocycles. The van der Waals surface area contributed by atoms with Crippen LogP contribution < -0.4 is 5.32 Å². The van der Waals surface area contributed by atoms with Crippen molar-refractivity contribution in [1.29, 1.82) is 0 Å². The number of aryl methyl sites for hydroxylation is 1. The average Bonchev–Trinajstić information content (AvgIpc) is 2.33. The van der Waals surface area contributed by atoms with Crippen LogP contribution in [0.5, 0.6) is 0 Å². The number of nitrogens with zero attached hydrogens (tertiary/aromatic N) is 3. The summed E-state index contributed by atoms with van der Waals surface area (Å²) in [5.41, 5.74) is 2.27. The molecule has 2 heterocycles. The molecular formula is C12H20N4S. The lowest BCUT2D eigenvalue weighted by Gasteiger charge is -2.31. The molecule has 1 aromatic rings. The molecule has 2 rings (SSSR count). The molecule has 0 amide bonds. The molecule has 0 radical (unpaired) electrons. The van der Waals surface area contributed by atoms with Crippen molar-refractivity contribution in [2.75, 3.05) is 32.1 Å². The maximum absolute atomic E-state index is 4.71. The van der Waals surface area contributed by atoms with Crippen LogP contribution in [0.3, 0.4) is 0 Å². The van der Waals surface area contributed by atoms with E-state index in [9.17, 15) is 0 Å². The first-order valence-electron chi connectivity index (χ1n) is 5.97. The van der Waals surface area contributed by atoms with Crippen molar-refractivity contribution in [2.45, 2.75) is 19.5 Å². The summed E-state index contributed by atoms with van der Waals surface area (Å²) in [5, 5.41) is 3.16. The van der Waals surface area contributed by atoms with Gasteiger partial charge in [0.15, 0.2) is 0 Å². The van der Waals surface area contributed by atoms with Crippen LogP contribution in [0.15, 0.2) is 6.20 Å². The van der Waals surface area contributed by atoms with E-state index in [-0.39, 0.29) is 0 Å². The fraction of sp³-hybridized carbons (Fsp3) is 0.667. The zero-order valence-corrected chi connectivity index (χ0v) is 11.5. The second-order valence-corrected chi connectivity index (χ2v) is 5.61. The van der Waals surface area contributed by atoms with Crippen molar-refractivity contribution in [1.82, 2.24) is 20.2 Å². The Labute approximate surface area is 107 Å². The third-order valence-electron chi connectivity index (χ3n) is 3.13. The van der Waals surface area contributed by atoms with E-state index in [1.807, 2.05) is 25.0 Å². The fourth-order valence-electron chi connectivity index (χ4n) is 1.96. The summed E-state index contributed by atoms with van der Waals surface area (Å²) in [5.74, 6) is 3.27. The van der Waals surface area contributed by atoms with Crippen molar-refractivity contribution in [3.63, 3.8) is 0 Å². The summed E-state index contributed by atoms with van der Waals surface area (Å²) in [6, 6.07) is 0.366. The summed E-state index contributed by atoms with van der Waals surface area (Å²) in [4.78, 5) is 11.6. The maximum atomic E-state index is 4.71. The van der Waals surface area contributed by atoms with Crippen LogP contribution in [-0.4, -0.2) is 47.0 Å². The van der Waals surface area contributed by atoms with E-state index in [1.165, 1.54) is 5.75 Å². The van der Waals surface area contributed by atoms with E-state index in [2.05, 4.69) is 29.2 Å². The number of hydrogen-bond donors (Lipinski definition) is 1.